The zero-order valence-corrected chi connectivity index (χ0v) is 16.4. The minimum Gasteiger partial charge on any atom is -0.486 e. The Labute approximate surface area is 166 Å². The number of nitrogens with zero attached hydrogens (tertiary/aromatic N) is 3. The van der Waals surface area contributed by atoms with E-state index in [2.05, 4.69) is 47.2 Å². The van der Waals surface area contributed by atoms with Crippen molar-refractivity contribution in [2.45, 2.75) is 6.54 Å². The third-order valence-electron chi connectivity index (χ3n) is 5.40. The summed E-state index contributed by atoms with van der Waals surface area (Å²) in [5.41, 5.74) is 3.34. The summed E-state index contributed by atoms with van der Waals surface area (Å²) >= 11 is 0. The van der Waals surface area contributed by atoms with Crippen molar-refractivity contribution < 1.29 is 9.53 Å². The van der Waals surface area contributed by atoms with Gasteiger partial charge in [-0.25, -0.2) is 0 Å². The van der Waals surface area contributed by atoms with Gasteiger partial charge in [0.2, 0.25) is 0 Å². The van der Waals surface area contributed by atoms with Gasteiger partial charge in [0.25, 0.3) is 5.91 Å². The first-order valence-electron chi connectivity index (χ1n) is 9.91. The molecule has 0 aromatic heterocycles. The lowest BCUT2D eigenvalue weighted by atomic mass is 10.1. The number of hydrogen-bond acceptors (Lipinski definition) is 4. The van der Waals surface area contributed by atoms with Gasteiger partial charge in [-0.3, -0.25) is 4.79 Å². The minimum absolute atomic E-state index is 0.0386. The molecule has 2 heterocycles. The van der Waals surface area contributed by atoms with Crippen LogP contribution in [0.5, 0.6) is 0 Å². The van der Waals surface area contributed by atoms with Crippen molar-refractivity contribution in [3.63, 3.8) is 0 Å². The number of morpholine rings is 1. The molecule has 1 amide bonds. The number of likely N-dealkylation sites (N-methyl/N-ethyl adjacent to an activating group) is 1. The van der Waals surface area contributed by atoms with E-state index in [1.165, 1.54) is 5.69 Å². The monoisotopic (exact) mass is 377 g/mol. The molecule has 0 unspecified atom stereocenters. The molecule has 0 N–H and O–H groups in total. The van der Waals surface area contributed by atoms with Crippen LogP contribution in [0, 0.1) is 0 Å². The fourth-order valence-electron chi connectivity index (χ4n) is 3.73. The Morgan fingerprint density at radius 2 is 1.64 bits per heavy atom. The average molecular weight is 377 g/mol. The summed E-state index contributed by atoms with van der Waals surface area (Å²) in [6, 6.07) is 18.4. The smallest absolute Gasteiger partial charge is 0.289 e. The van der Waals surface area contributed by atoms with E-state index in [0.29, 0.717) is 25.5 Å². The van der Waals surface area contributed by atoms with Gasteiger partial charge in [0.05, 0.1) is 6.54 Å². The van der Waals surface area contributed by atoms with Crippen molar-refractivity contribution in [1.82, 2.24) is 9.80 Å². The maximum absolute atomic E-state index is 13.0. The second kappa shape index (κ2) is 8.48. The first-order chi connectivity index (χ1) is 13.7. The van der Waals surface area contributed by atoms with E-state index in [-0.39, 0.29) is 5.91 Å². The van der Waals surface area contributed by atoms with Crippen LogP contribution in [0.25, 0.3) is 6.08 Å². The predicted octanol–water partition coefficient (Wildman–Crippen LogP) is 2.84. The number of carbonyl (C=O) groups excluding carboxylic acids is 1. The molecule has 2 fully saturated rings. The first-order valence-corrected chi connectivity index (χ1v) is 9.91. The molecule has 0 saturated carbocycles. The van der Waals surface area contributed by atoms with Crippen LogP contribution in [-0.4, -0.2) is 62.1 Å². The number of benzene rings is 2. The van der Waals surface area contributed by atoms with Crippen LogP contribution in [0.3, 0.4) is 0 Å². The Balaban J connectivity index is 1.54. The van der Waals surface area contributed by atoms with Crippen LogP contribution in [-0.2, 0) is 16.1 Å². The zero-order valence-electron chi connectivity index (χ0n) is 16.4. The summed E-state index contributed by atoms with van der Waals surface area (Å²) in [6.45, 7) is 5.83. The number of ether oxygens (including phenoxy) is 1. The first kappa shape index (κ1) is 18.6. The fraction of sp³-hybridized carbons (Fsp3) is 0.348. The second-order valence-electron chi connectivity index (χ2n) is 7.42. The molecule has 2 aliphatic rings. The minimum atomic E-state index is -0.0386. The van der Waals surface area contributed by atoms with Gasteiger partial charge < -0.3 is 19.4 Å². The van der Waals surface area contributed by atoms with E-state index in [4.69, 9.17) is 4.74 Å². The second-order valence-corrected chi connectivity index (χ2v) is 7.42. The molecule has 2 aromatic carbocycles. The van der Waals surface area contributed by atoms with Crippen molar-refractivity contribution in [2.24, 2.45) is 0 Å². The van der Waals surface area contributed by atoms with E-state index in [1.807, 2.05) is 35.2 Å². The highest BCUT2D eigenvalue weighted by molar-refractivity contribution is 5.97. The van der Waals surface area contributed by atoms with E-state index in [1.54, 1.807) is 0 Å². The Hall–Kier alpha value is -2.79. The third kappa shape index (κ3) is 4.20. The summed E-state index contributed by atoms with van der Waals surface area (Å²) in [7, 11) is 2.15. The summed E-state index contributed by atoms with van der Waals surface area (Å²) < 4.78 is 5.76. The Morgan fingerprint density at radius 3 is 2.43 bits per heavy atom. The molecule has 0 spiro atoms. The van der Waals surface area contributed by atoms with Gasteiger partial charge in [0.1, 0.15) is 6.61 Å². The van der Waals surface area contributed by atoms with E-state index >= 15 is 0 Å². The van der Waals surface area contributed by atoms with Crippen LogP contribution in [0.1, 0.15) is 11.1 Å². The number of para-hydroxylation sites is 1. The van der Waals surface area contributed by atoms with Gasteiger partial charge in [-0.2, -0.15) is 0 Å². The molecular formula is C23H27N3O2. The van der Waals surface area contributed by atoms with Gasteiger partial charge in [0.15, 0.2) is 5.76 Å². The number of rotatable bonds is 4. The standard InChI is InChI=1S/C23H27N3O2/c1-24-11-13-25(14-12-24)21-10-6-5-9-20(21)17-22-23(27)26(15-16-28-22)18-19-7-3-2-4-8-19/h2-10,17H,11-16,18H2,1H3/b22-17-. The Bertz CT molecular complexity index is 842. The molecule has 28 heavy (non-hydrogen) atoms. The molecule has 0 atom stereocenters. The van der Waals surface area contributed by atoms with Gasteiger partial charge in [-0.05, 0) is 24.8 Å². The molecule has 2 saturated heterocycles. The maximum Gasteiger partial charge on any atom is 0.289 e. The molecule has 146 valence electrons. The number of piperazine rings is 1. The van der Waals surface area contributed by atoms with Crippen LogP contribution >= 0.6 is 0 Å². The number of amides is 1. The quantitative estimate of drug-likeness (QED) is 0.768. The molecule has 2 aromatic rings. The van der Waals surface area contributed by atoms with E-state index in [9.17, 15) is 4.79 Å². The third-order valence-corrected chi connectivity index (χ3v) is 5.40. The highest BCUT2D eigenvalue weighted by Crippen LogP contribution is 2.26. The average Bonchev–Trinajstić information content (AvgIpc) is 2.73. The molecule has 2 aliphatic heterocycles. The van der Waals surface area contributed by atoms with Crippen molar-refractivity contribution in [3.05, 3.63) is 71.5 Å². The van der Waals surface area contributed by atoms with E-state index < -0.39 is 0 Å². The summed E-state index contributed by atoms with van der Waals surface area (Å²) in [4.78, 5) is 19.6. The normalized spacial score (nSPS) is 19.8. The van der Waals surface area contributed by atoms with Crippen molar-refractivity contribution in [1.29, 1.82) is 0 Å². The lowest BCUT2D eigenvalue weighted by Crippen LogP contribution is -2.44. The Kier molecular flexibility index (Phi) is 5.63. The van der Waals surface area contributed by atoms with Crippen LogP contribution < -0.4 is 4.90 Å². The molecule has 0 bridgehead atoms. The van der Waals surface area contributed by atoms with Crippen molar-refractivity contribution >= 4 is 17.7 Å². The fourth-order valence-corrected chi connectivity index (χ4v) is 3.73. The number of anilines is 1. The molecule has 5 nitrogen and oxygen atoms in total. The largest absolute Gasteiger partial charge is 0.486 e. The number of hydrogen-bond donors (Lipinski definition) is 0. The maximum atomic E-state index is 13.0. The van der Waals surface area contributed by atoms with Gasteiger partial charge >= 0.3 is 0 Å². The summed E-state index contributed by atoms with van der Waals surface area (Å²) in [6.07, 6.45) is 1.91. The SMILES string of the molecule is CN1CCN(c2ccccc2/C=C2\OCCN(Cc3ccccc3)C2=O)CC1. The number of carbonyl (C=O) groups is 1. The molecule has 0 aliphatic carbocycles. The zero-order chi connectivity index (χ0) is 19.3. The topological polar surface area (TPSA) is 36.0 Å². The highest BCUT2D eigenvalue weighted by Gasteiger charge is 2.25. The van der Waals surface area contributed by atoms with Crippen LogP contribution in [0.2, 0.25) is 0 Å². The molecular weight excluding hydrogens is 350 g/mol. The molecule has 4 rings (SSSR count). The Morgan fingerprint density at radius 1 is 0.929 bits per heavy atom. The van der Waals surface area contributed by atoms with Crippen LogP contribution in [0.4, 0.5) is 5.69 Å². The summed E-state index contributed by atoms with van der Waals surface area (Å²) in [5, 5.41) is 0. The summed E-state index contributed by atoms with van der Waals surface area (Å²) in [5.74, 6) is 0.395. The van der Waals surface area contributed by atoms with Gasteiger partial charge in [0, 0.05) is 44.0 Å². The van der Waals surface area contributed by atoms with Gasteiger partial charge in [-0.15, -0.1) is 0 Å². The molecule has 5 heteroatoms. The van der Waals surface area contributed by atoms with Crippen molar-refractivity contribution in [2.75, 3.05) is 51.3 Å². The van der Waals surface area contributed by atoms with E-state index in [0.717, 1.165) is 37.3 Å². The highest BCUT2D eigenvalue weighted by atomic mass is 16.5. The lowest BCUT2D eigenvalue weighted by Gasteiger charge is -2.35. The lowest BCUT2D eigenvalue weighted by molar-refractivity contribution is -0.136. The molecule has 0 radical (unpaired) electrons. The predicted molar refractivity (Wildman–Crippen MR) is 112 cm³/mol. The van der Waals surface area contributed by atoms with Crippen molar-refractivity contribution in [3.8, 4) is 0 Å². The van der Waals surface area contributed by atoms with Gasteiger partial charge in [-0.1, -0.05) is 48.5 Å². The van der Waals surface area contributed by atoms with Crippen LogP contribution in [0.15, 0.2) is 60.4 Å².